The van der Waals surface area contributed by atoms with Crippen LogP contribution in [0.1, 0.15) is 12.5 Å². The molecule has 4 heteroatoms. The molecule has 0 saturated heterocycles. The van der Waals surface area contributed by atoms with Gasteiger partial charge in [-0.25, -0.2) is 4.98 Å². The van der Waals surface area contributed by atoms with Crippen LogP contribution in [-0.2, 0) is 6.54 Å². The highest BCUT2D eigenvalue weighted by Gasteiger charge is 2.16. The predicted molar refractivity (Wildman–Crippen MR) is 95.9 cm³/mol. The van der Waals surface area contributed by atoms with E-state index in [1.54, 1.807) is 0 Å². The molecule has 1 unspecified atom stereocenters. The molecule has 0 saturated carbocycles. The van der Waals surface area contributed by atoms with Crippen molar-refractivity contribution in [3.05, 3.63) is 54.1 Å². The summed E-state index contributed by atoms with van der Waals surface area (Å²) in [6.07, 6.45) is 0. The second-order valence-corrected chi connectivity index (χ2v) is 6.12. The molecule has 0 aliphatic heterocycles. The number of benzene rings is 2. The lowest BCUT2D eigenvalue weighted by Crippen LogP contribution is -2.23. The van der Waals surface area contributed by atoms with Crippen LogP contribution in [0.2, 0.25) is 0 Å². The van der Waals surface area contributed by atoms with Gasteiger partial charge in [-0.05, 0) is 24.6 Å². The fourth-order valence-corrected chi connectivity index (χ4v) is 2.73. The summed E-state index contributed by atoms with van der Waals surface area (Å²) in [5.74, 6) is 1.10. The van der Waals surface area contributed by atoms with Crippen molar-refractivity contribution < 1.29 is 0 Å². The molecule has 0 radical (unpaired) electrons. The number of rotatable bonds is 4. The average Bonchev–Trinajstić information content (AvgIpc) is 2.86. The molecular weight excluding hydrogens is 290 g/mol. The summed E-state index contributed by atoms with van der Waals surface area (Å²) in [5, 5.41) is 0. The van der Waals surface area contributed by atoms with Crippen LogP contribution in [0.4, 0.5) is 0 Å². The van der Waals surface area contributed by atoms with Gasteiger partial charge in [0.1, 0.15) is 5.82 Å². The summed E-state index contributed by atoms with van der Waals surface area (Å²) in [6, 6.07) is 16.5. The van der Waals surface area contributed by atoms with Crippen LogP contribution in [0.25, 0.3) is 22.4 Å². The standard InChI is InChI=1S/C18H19N3S/c1-12-7-3-4-8-14(12)18-20-15-9-5-6-10-16(15)21(18)11-13(2)17(19)22/h3-10,13H,11H2,1-2H3,(H2,19,22). The second-order valence-electron chi connectivity index (χ2n) is 5.65. The van der Waals surface area contributed by atoms with E-state index in [4.69, 9.17) is 22.9 Å². The smallest absolute Gasteiger partial charge is 0.141 e. The van der Waals surface area contributed by atoms with Gasteiger partial charge in [0.05, 0.1) is 16.0 Å². The molecule has 1 heterocycles. The molecule has 2 N–H and O–H groups in total. The zero-order valence-corrected chi connectivity index (χ0v) is 13.6. The third-order valence-corrected chi connectivity index (χ3v) is 4.39. The predicted octanol–water partition coefficient (Wildman–Crippen LogP) is 3.93. The highest BCUT2D eigenvalue weighted by atomic mass is 32.1. The van der Waals surface area contributed by atoms with Crippen molar-refractivity contribution in [3.63, 3.8) is 0 Å². The number of imidazole rings is 1. The molecule has 1 aromatic heterocycles. The number of nitrogens with zero attached hydrogens (tertiary/aromatic N) is 2. The fourth-order valence-electron chi connectivity index (χ4n) is 2.65. The van der Waals surface area contributed by atoms with Gasteiger partial charge < -0.3 is 10.3 Å². The maximum atomic E-state index is 5.81. The molecule has 3 rings (SSSR count). The minimum absolute atomic E-state index is 0.121. The maximum Gasteiger partial charge on any atom is 0.141 e. The van der Waals surface area contributed by atoms with Gasteiger partial charge in [0.2, 0.25) is 0 Å². The van der Waals surface area contributed by atoms with Crippen LogP contribution in [-0.4, -0.2) is 14.5 Å². The lowest BCUT2D eigenvalue weighted by molar-refractivity contribution is 0.617. The number of hydrogen-bond donors (Lipinski definition) is 1. The largest absolute Gasteiger partial charge is 0.393 e. The summed E-state index contributed by atoms with van der Waals surface area (Å²) in [6.45, 7) is 4.90. The van der Waals surface area contributed by atoms with Crippen molar-refractivity contribution in [1.82, 2.24) is 9.55 Å². The number of para-hydroxylation sites is 2. The van der Waals surface area contributed by atoms with E-state index in [0.29, 0.717) is 4.99 Å². The zero-order chi connectivity index (χ0) is 15.7. The Labute approximate surface area is 135 Å². The van der Waals surface area contributed by atoms with E-state index in [1.165, 1.54) is 5.56 Å². The monoisotopic (exact) mass is 309 g/mol. The highest BCUT2D eigenvalue weighted by Crippen LogP contribution is 2.28. The van der Waals surface area contributed by atoms with Crippen molar-refractivity contribution in [2.24, 2.45) is 11.7 Å². The molecule has 0 bridgehead atoms. The summed E-state index contributed by atoms with van der Waals surface area (Å²) in [7, 11) is 0. The van der Waals surface area contributed by atoms with E-state index < -0.39 is 0 Å². The van der Waals surface area contributed by atoms with Crippen LogP contribution < -0.4 is 5.73 Å². The minimum Gasteiger partial charge on any atom is -0.393 e. The Morgan fingerprint density at radius 2 is 1.86 bits per heavy atom. The van der Waals surface area contributed by atoms with Gasteiger partial charge in [-0.1, -0.05) is 55.5 Å². The first-order valence-electron chi connectivity index (χ1n) is 7.38. The van der Waals surface area contributed by atoms with Gasteiger partial charge >= 0.3 is 0 Å². The number of thiocarbonyl (C=S) groups is 1. The Hall–Kier alpha value is -2.20. The van der Waals surface area contributed by atoms with Crippen molar-refractivity contribution in [3.8, 4) is 11.4 Å². The van der Waals surface area contributed by atoms with E-state index in [1.807, 2.05) is 30.3 Å². The molecule has 0 amide bonds. The Kier molecular flexibility index (Phi) is 3.94. The summed E-state index contributed by atoms with van der Waals surface area (Å²) >= 11 is 5.14. The average molecular weight is 309 g/mol. The molecule has 112 valence electrons. The van der Waals surface area contributed by atoms with Crippen LogP contribution in [0, 0.1) is 12.8 Å². The normalized spacial score (nSPS) is 12.5. The lowest BCUT2D eigenvalue weighted by Gasteiger charge is -2.15. The van der Waals surface area contributed by atoms with E-state index in [2.05, 4.69) is 36.6 Å². The van der Waals surface area contributed by atoms with Crippen LogP contribution in [0.15, 0.2) is 48.5 Å². The van der Waals surface area contributed by atoms with Gasteiger partial charge in [0.15, 0.2) is 0 Å². The zero-order valence-electron chi connectivity index (χ0n) is 12.8. The van der Waals surface area contributed by atoms with Crippen LogP contribution in [0.5, 0.6) is 0 Å². The minimum atomic E-state index is 0.121. The van der Waals surface area contributed by atoms with Crippen LogP contribution >= 0.6 is 12.2 Å². The van der Waals surface area contributed by atoms with Gasteiger partial charge in [-0.2, -0.15) is 0 Å². The molecule has 22 heavy (non-hydrogen) atoms. The number of aromatic nitrogens is 2. The van der Waals surface area contributed by atoms with E-state index in [-0.39, 0.29) is 5.92 Å². The third-order valence-electron chi connectivity index (χ3n) is 3.98. The van der Waals surface area contributed by atoms with E-state index in [0.717, 1.165) is 29.0 Å². The number of fused-ring (bicyclic) bond motifs is 1. The first-order chi connectivity index (χ1) is 10.6. The topological polar surface area (TPSA) is 43.8 Å². The molecule has 0 fully saturated rings. The lowest BCUT2D eigenvalue weighted by atomic mass is 10.1. The quantitative estimate of drug-likeness (QED) is 0.743. The fraction of sp³-hybridized carbons (Fsp3) is 0.222. The molecule has 3 nitrogen and oxygen atoms in total. The first-order valence-corrected chi connectivity index (χ1v) is 7.79. The van der Waals surface area contributed by atoms with E-state index in [9.17, 15) is 0 Å². The van der Waals surface area contributed by atoms with Crippen molar-refractivity contribution in [2.75, 3.05) is 0 Å². The number of nitrogens with two attached hydrogens (primary N) is 1. The maximum absolute atomic E-state index is 5.81. The molecule has 2 aromatic carbocycles. The van der Waals surface area contributed by atoms with Gasteiger partial charge in [0.25, 0.3) is 0 Å². The molecule has 0 spiro atoms. The number of hydrogen-bond acceptors (Lipinski definition) is 2. The van der Waals surface area contributed by atoms with Crippen molar-refractivity contribution in [1.29, 1.82) is 0 Å². The molecular formula is C18H19N3S. The Balaban J connectivity index is 2.21. The molecule has 3 aromatic rings. The molecule has 0 aliphatic carbocycles. The summed E-state index contributed by atoms with van der Waals surface area (Å²) in [5.41, 5.74) is 10.3. The van der Waals surface area contributed by atoms with Crippen molar-refractivity contribution >= 4 is 28.2 Å². The second kappa shape index (κ2) is 5.89. The SMILES string of the molecule is Cc1ccccc1-c1nc2ccccc2n1CC(C)C(N)=S. The number of aryl methyl sites for hydroxylation is 1. The Bertz CT molecular complexity index is 835. The Morgan fingerprint density at radius 1 is 1.18 bits per heavy atom. The van der Waals surface area contributed by atoms with E-state index >= 15 is 0 Å². The van der Waals surface area contributed by atoms with Crippen LogP contribution in [0.3, 0.4) is 0 Å². The van der Waals surface area contributed by atoms with Gasteiger partial charge in [0, 0.05) is 18.0 Å². The van der Waals surface area contributed by atoms with Gasteiger partial charge in [-0.3, -0.25) is 0 Å². The summed E-state index contributed by atoms with van der Waals surface area (Å²) < 4.78 is 2.22. The first kappa shape index (κ1) is 14.7. The third kappa shape index (κ3) is 2.62. The summed E-state index contributed by atoms with van der Waals surface area (Å²) in [4.78, 5) is 5.37. The van der Waals surface area contributed by atoms with Crippen molar-refractivity contribution in [2.45, 2.75) is 20.4 Å². The van der Waals surface area contributed by atoms with Gasteiger partial charge in [-0.15, -0.1) is 0 Å². The highest BCUT2D eigenvalue weighted by molar-refractivity contribution is 7.80. The molecule has 1 atom stereocenters. The Morgan fingerprint density at radius 3 is 2.59 bits per heavy atom. The molecule has 0 aliphatic rings.